The summed E-state index contributed by atoms with van der Waals surface area (Å²) in [6.07, 6.45) is 3.95. The highest BCUT2D eigenvalue weighted by Gasteiger charge is 1.86. The Morgan fingerprint density at radius 2 is 1.79 bits per heavy atom. The van der Waals surface area contributed by atoms with Gasteiger partial charge in [0.05, 0.1) is 0 Å². The molecule has 1 aromatic rings. The van der Waals surface area contributed by atoms with Gasteiger partial charge in [0.15, 0.2) is 0 Å². The van der Waals surface area contributed by atoms with Crippen molar-refractivity contribution in [3.05, 3.63) is 35.9 Å². The minimum atomic E-state index is 0. The average Bonchev–Trinajstić information content (AvgIpc) is 2.15. The molecule has 1 aromatic carbocycles. The Labute approximate surface area is 97.4 Å². The van der Waals surface area contributed by atoms with Crippen molar-refractivity contribution >= 4 is 36.6 Å². The lowest BCUT2D eigenvalue weighted by molar-refractivity contribution is 1.26. The second-order valence-corrected chi connectivity index (χ2v) is 2.51. The monoisotopic (exact) mass is 234 g/mol. The summed E-state index contributed by atoms with van der Waals surface area (Å²) in [4.78, 5) is 0. The smallest absolute Gasteiger partial charge is 0.0337 e. The van der Waals surface area contributed by atoms with Crippen LogP contribution >= 0.6 is 24.8 Å². The zero-order chi connectivity index (χ0) is 8.81. The SMILES string of the molecule is CNc1ccc(/C=C/CN)cc1.Cl.Cl. The molecule has 0 aliphatic heterocycles. The number of hydrogen-bond donors (Lipinski definition) is 2. The maximum atomic E-state index is 5.33. The van der Waals surface area contributed by atoms with E-state index in [0.29, 0.717) is 6.54 Å². The standard InChI is InChI=1S/C10H14N2.2ClH/c1-12-10-6-4-9(5-7-10)3-2-8-11;;/h2-7,12H,8,11H2,1H3;2*1H/b3-2+;;. The minimum Gasteiger partial charge on any atom is -0.388 e. The average molecular weight is 235 g/mol. The van der Waals surface area contributed by atoms with Crippen molar-refractivity contribution in [3.8, 4) is 0 Å². The summed E-state index contributed by atoms with van der Waals surface area (Å²) < 4.78 is 0. The Morgan fingerprint density at radius 1 is 1.21 bits per heavy atom. The van der Waals surface area contributed by atoms with Crippen LogP contribution in [-0.2, 0) is 0 Å². The van der Waals surface area contributed by atoms with Gasteiger partial charge in [-0.3, -0.25) is 0 Å². The van der Waals surface area contributed by atoms with Crippen molar-refractivity contribution in [2.45, 2.75) is 0 Å². The third kappa shape index (κ3) is 5.12. The van der Waals surface area contributed by atoms with Crippen molar-refractivity contribution in [1.29, 1.82) is 0 Å². The fraction of sp³-hybridized carbons (Fsp3) is 0.200. The predicted molar refractivity (Wildman–Crippen MR) is 68.6 cm³/mol. The Hall–Kier alpha value is -0.700. The van der Waals surface area contributed by atoms with Crippen LogP contribution in [0.1, 0.15) is 5.56 Å². The molecule has 80 valence electrons. The summed E-state index contributed by atoms with van der Waals surface area (Å²) in [5.41, 5.74) is 7.64. The van der Waals surface area contributed by atoms with E-state index in [1.165, 1.54) is 5.56 Å². The fourth-order valence-electron chi connectivity index (χ4n) is 0.965. The quantitative estimate of drug-likeness (QED) is 0.844. The zero-order valence-electron chi connectivity index (χ0n) is 8.07. The fourth-order valence-corrected chi connectivity index (χ4v) is 0.965. The van der Waals surface area contributed by atoms with Gasteiger partial charge in [-0.2, -0.15) is 0 Å². The number of nitrogens with two attached hydrogens (primary N) is 1. The van der Waals surface area contributed by atoms with Crippen LogP contribution in [0, 0.1) is 0 Å². The van der Waals surface area contributed by atoms with Crippen LogP contribution in [0.2, 0.25) is 0 Å². The van der Waals surface area contributed by atoms with Gasteiger partial charge in [-0.1, -0.05) is 24.3 Å². The summed E-state index contributed by atoms with van der Waals surface area (Å²) in [7, 11) is 1.91. The number of benzene rings is 1. The van der Waals surface area contributed by atoms with E-state index in [9.17, 15) is 0 Å². The van der Waals surface area contributed by atoms with Gasteiger partial charge in [-0.05, 0) is 17.7 Å². The lowest BCUT2D eigenvalue weighted by Crippen LogP contribution is -1.92. The largest absolute Gasteiger partial charge is 0.388 e. The predicted octanol–water partition coefficient (Wildman–Crippen LogP) is 2.54. The summed E-state index contributed by atoms with van der Waals surface area (Å²) >= 11 is 0. The number of anilines is 1. The van der Waals surface area contributed by atoms with Gasteiger partial charge >= 0.3 is 0 Å². The van der Waals surface area contributed by atoms with Gasteiger partial charge in [-0.15, -0.1) is 24.8 Å². The second kappa shape index (κ2) is 8.88. The molecule has 0 unspecified atom stereocenters. The molecule has 0 spiro atoms. The number of rotatable bonds is 3. The molecule has 3 N–H and O–H groups in total. The van der Waals surface area contributed by atoms with E-state index >= 15 is 0 Å². The van der Waals surface area contributed by atoms with Gasteiger partial charge in [0.2, 0.25) is 0 Å². The molecule has 0 radical (unpaired) electrons. The van der Waals surface area contributed by atoms with E-state index in [1.807, 2.05) is 31.3 Å². The van der Waals surface area contributed by atoms with Gasteiger partial charge in [0.1, 0.15) is 0 Å². The highest BCUT2D eigenvalue weighted by atomic mass is 35.5. The Balaban J connectivity index is 0. The molecular weight excluding hydrogens is 219 g/mol. The molecule has 14 heavy (non-hydrogen) atoms. The molecule has 0 aliphatic rings. The number of nitrogens with one attached hydrogen (secondary N) is 1. The normalized spacial score (nSPS) is 9.00. The molecule has 2 nitrogen and oxygen atoms in total. The Bertz CT molecular complexity index is 257. The van der Waals surface area contributed by atoms with Gasteiger partial charge in [0, 0.05) is 19.3 Å². The molecule has 0 bridgehead atoms. The lowest BCUT2D eigenvalue weighted by atomic mass is 10.2. The second-order valence-electron chi connectivity index (χ2n) is 2.51. The van der Waals surface area contributed by atoms with Crippen LogP contribution in [0.4, 0.5) is 5.69 Å². The van der Waals surface area contributed by atoms with Crippen molar-refractivity contribution in [2.24, 2.45) is 5.73 Å². The van der Waals surface area contributed by atoms with Gasteiger partial charge in [0.25, 0.3) is 0 Å². The van der Waals surface area contributed by atoms with E-state index in [2.05, 4.69) is 17.4 Å². The zero-order valence-corrected chi connectivity index (χ0v) is 9.70. The van der Waals surface area contributed by atoms with E-state index in [1.54, 1.807) is 0 Å². The molecule has 0 fully saturated rings. The molecule has 0 saturated heterocycles. The molecule has 0 atom stereocenters. The molecule has 4 heteroatoms. The molecule has 0 aromatic heterocycles. The summed E-state index contributed by atoms with van der Waals surface area (Å²) in [5, 5.41) is 3.06. The first-order valence-corrected chi connectivity index (χ1v) is 4.01. The van der Waals surface area contributed by atoms with Crippen LogP contribution in [0.15, 0.2) is 30.3 Å². The topological polar surface area (TPSA) is 38.0 Å². The van der Waals surface area contributed by atoms with Crippen LogP contribution in [-0.4, -0.2) is 13.6 Å². The Kier molecular flexibility index (Phi) is 9.99. The van der Waals surface area contributed by atoms with E-state index in [0.717, 1.165) is 5.69 Å². The highest BCUT2D eigenvalue weighted by Crippen LogP contribution is 2.09. The first-order chi connectivity index (χ1) is 5.86. The molecule has 1 rings (SSSR count). The van der Waals surface area contributed by atoms with Crippen molar-refractivity contribution < 1.29 is 0 Å². The molecule has 0 saturated carbocycles. The summed E-state index contributed by atoms with van der Waals surface area (Å²) in [5.74, 6) is 0. The van der Waals surface area contributed by atoms with Crippen LogP contribution in [0.3, 0.4) is 0 Å². The number of halogens is 2. The van der Waals surface area contributed by atoms with Crippen LogP contribution in [0.5, 0.6) is 0 Å². The minimum absolute atomic E-state index is 0. The van der Waals surface area contributed by atoms with Crippen molar-refractivity contribution in [2.75, 3.05) is 18.9 Å². The molecule has 0 aliphatic carbocycles. The lowest BCUT2D eigenvalue weighted by Gasteiger charge is -1.98. The highest BCUT2D eigenvalue weighted by molar-refractivity contribution is 5.85. The maximum absolute atomic E-state index is 5.33. The Morgan fingerprint density at radius 3 is 2.21 bits per heavy atom. The molecule has 0 amide bonds. The van der Waals surface area contributed by atoms with Gasteiger partial charge in [-0.25, -0.2) is 0 Å². The van der Waals surface area contributed by atoms with E-state index in [4.69, 9.17) is 5.73 Å². The van der Waals surface area contributed by atoms with E-state index in [-0.39, 0.29) is 24.8 Å². The van der Waals surface area contributed by atoms with Crippen LogP contribution in [0.25, 0.3) is 6.08 Å². The summed E-state index contributed by atoms with van der Waals surface area (Å²) in [6.45, 7) is 0.591. The maximum Gasteiger partial charge on any atom is 0.0337 e. The van der Waals surface area contributed by atoms with Gasteiger partial charge < -0.3 is 11.1 Å². The van der Waals surface area contributed by atoms with Crippen molar-refractivity contribution in [3.63, 3.8) is 0 Å². The third-order valence-electron chi connectivity index (χ3n) is 1.65. The molecular formula is C10H16Cl2N2. The van der Waals surface area contributed by atoms with E-state index < -0.39 is 0 Å². The molecule has 0 heterocycles. The number of hydrogen-bond acceptors (Lipinski definition) is 2. The first kappa shape index (κ1) is 15.8. The van der Waals surface area contributed by atoms with Crippen molar-refractivity contribution in [1.82, 2.24) is 0 Å². The third-order valence-corrected chi connectivity index (χ3v) is 1.65. The van der Waals surface area contributed by atoms with Crippen LogP contribution < -0.4 is 11.1 Å². The first-order valence-electron chi connectivity index (χ1n) is 4.01. The summed E-state index contributed by atoms with van der Waals surface area (Å²) in [6, 6.07) is 8.18.